The van der Waals surface area contributed by atoms with Crippen molar-refractivity contribution in [2.24, 2.45) is 0 Å². The molecule has 84 valence electrons. The average molecular weight is 296 g/mol. The molecule has 0 radical (unpaired) electrons. The van der Waals surface area contributed by atoms with E-state index in [0.717, 1.165) is 6.42 Å². The highest BCUT2D eigenvalue weighted by Gasteiger charge is 2.13. The number of rotatable bonds is 3. The fourth-order valence-corrected chi connectivity index (χ4v) is 3.58. The van der Waals surface area contributed by atoms with E-state index in [1.807, 2.05) is 12.3 Å². The standard InChI is InChI=1S/C13H14BrNS/c1-9-4-3-5-15-13(9)6-12(14)11-8-16-7-10(11)2/h3-5,7-8,12H,6H2,1-2H3. The molecule has 1 atom stereocenters. The molecule has 1 nitrogen and oxygen atoms in total. The Bertz CT molecular complexity index is 478. The summed E-state index contributed by atoms with van der Waals surface area (Å²) in [4.78, 5) is 4.80. The van der Waals surface area contributed by atoms with E-state index in [9.17, 15) is 0 Å². The molecule has 0 aliphatic rings. The number of aryl methyl sites for hydroxylation is 2. The van der Waals surface area contributed by atoms with Crippen molar-refractivity contribution in [1.29, 1.82) is 0 Å². The highest BCUT2D eigenvalue weighted by Crippen LogP contribution is 2.31. The minimum Gasteiger partial charge on any atom is -0.261 e. The molecule has 0 spiro atoms. The van der Waals surface area contributed by atoms with E-state index in [4.69, 9.17) is 0 Å². The van der Waals surface area contributed by atoms with Gasteiger partial charge in [0, 0.05) is 23.1 Å². The summed E-state index contributed by atoms with van der Waals surface area (Å²) in [5.74, 6) is 0. The second-order valence-corrected chi connectivity index (χ2v) is 5.80. The molecule has 0 aliphatic heterocycles. The molecule has 0 saturated carbocycles. The van der Waals surface area contributed by atoms with Crippen molar-refractivity contribution in [2.45, 2.75) is 25.1 Å². The van der Waals surface area contributed by atoms with Crippen molar-refractivity contribution in [3.63, 3.8) is 0 Å². The van der Waals surface area contributed by atoms with Crippen LogP contribution in [0.5, 0.6) is 0 Å². The van der Waals surface area contributed by atoms with Crippen molar-refractivity contribution in [1.82, 2.24) is 4.98 Å². The Morgan fingerprint density at radius 3 is 2.75 bits per heavy atom. The third-order valence-corrected chi connectivity index (χ3v) is 4.42. The first-order valence-electron chi connectivity index (χ1n) is 5.25. The van der Waals surface area contributed by atoms with Gasteiger partial charge in [-0.2, -0.15) is 11.3 Å². The molecule has 2 heterocycles. The number of hydrogen-bond acceptors (Lipinski definition) is 2. The first kappa shape index (κ1) is 11.8. The summed E-state index contributed by atoms with van der Waals surface area (Å²) in [6.45, 7) is 4.27. The second kappa shape index (κ2) is 5.11. The van der Waals surface area contributed by atoms with Crippen LogP contribution in [0.15, 0.2) is 29.1 Å². The number of halogens is 1. The zero-order valence-electron chi connectivity index (χ0n) is 9.40. The maximum Gasteiger partial charge on any atom is 0.0461 e. The molecule has 0 amide bonds. The van der Waals surface area contributed by atoms with Gasteiger partial charge >= 0.3 is 0 Å². The van der Waals surface area contributed by atoms with E-state index < -0.39 is 0 Å². The summed E-state index contributed by atoms with van der Waals surface area (Å²) >= 11 is 5.51. The molecule has 0 aromatic carbocycles. The molecule has 2 aromatic heterocycles. The molecule has 16 heavy (non-hydrogen) atoms. The Kier molecular flexibility index (Phi) is 3.77. The molecule has 2 aromatic rings. The number of aromatic nitrogens is 1. The minimum absolute atomic E-state index is 0.368. The van der Waals surface area contributed by atoms with Gasteiger partial charge in [0.15, 0.2) is 0 Å². The molecular formula is C13H14BrNS. The zero-order chi connectivity index (χ0) is 11.5. The van der Waals surface area contributed by atoms with Crippen LogP contribution in [-0.2, 0) is 6.42 Å². The molecule has 0 bridgehead atoms. The van der Waals surface area contributed by atoms with E-state index in [1.165, 1.54) is 22.4 Å². The molecule has 0 aliphatic carbocycles. The van der Waals surface area contributed by atoms with Crippen LogP contribution in [0, 0.1) is 13.8 Å². The Labute approximate surface area is 109 Å². The molecular weight excluding hydrogens is 282 g/mol. The van der Waals surface area contributed by atoms with Gasteiger partial charge in [-0.05, 0) is 47.4 Å². The molecule has 0 fully saturated rings. The van der Waals surface area contributed by atoms with Crippen LogP contribution in [0.2, 0.25) is 0 Å². The van der Waals surface area contributed by atoms with Gasteiger partial charge in [0.2, 0.25) is 0 Å². The first-order valence-corrected chi connectivity index (χ1v) is 7.11. The largest absolute Gasteiger partial charge is 0.261 e. The molecule has 3 heteroatoms. The zero-order valence-corrected chi connectivity index (χ0v) is 11.8. The predicted octanol–water partition coefficient (Wildman–Crippen LogP) is 4.44. The maximum absolute atomic E-state index is 4.43. The highest BCUT2D eigenvalue weighted by atomic mass is 79.9. The summed E-state index contributed by atoms with van der Waals surface area (Å²) < 4.78 is 0. The number of alkyl halides is 1. The molecule has 0 N–H and O–H groups in total. The smallest absolute Gasteiger partial charge is 0.0461 e. The van der Waals surface area contributed by atoms with Crippen molar-refractivity contribution in [2.75, 3.05) is 0 Å². The van der Waals surface area contributed by atoms with Gasteiger partial charge in [-0.15, -0.1) is 0 Å². The van der Waals surface area contributed by atoms with Crippen LogP contribution in [-0.4, -0.2) is 4.98 Å². The lowest BCUT2D eigenvalue weighted by Crippen LogP contribution is -2.00. The van der Waals surface area contributed by atoms with Crippen molar-refractivity contribution in [3.05, 3.63) is 51.5 Å². The van der Waals surface area contributed by atoms with Crippen LogP contribution >= 0.6 is 27.3 Å². The Balaban J connectivity index is 2.17. The van der Waals surface area contributed by atoms with E-state index in [2.05, 4.69) is 51.6 Å². The second-order valence-electron chi connectivity index (χ2n) is 3.95. The predicted molar refractivity (Wildman–Crippen MR) is 73.4 cm³/mol. The third-order valence-electron chi connectivity index (χ3n) is 2.72. The first-order chi connectivity index (χ1) is 7.68. The maximum atomic E-state index is 4.43. The van der Waals surface area contributed by atoms with Crippen LogP contribution < -0.4 is 0 Å². The third kappa shape index (κ3) is 2.53. The van der Waals surface area contributed by atoms with Gasteiger partial charge < -0.3 is 0 Å². The van der Waals surface area contributed by atoms with Crippen molar-refractivity contribution < 1.29 is 0 Å². The van der Waals surface area contributed by atoms with E-state index in [1.54, 1.807) is 11.3 Å². The van der Waals surface area contributed by atoms with Gasteiger partial charge in [0.1, 0.15) is 0 Å². The summed E-state index contributed by atoms with van der Waals surface area (Å²) in [5.41, 5.74) is 5.19. The quantitative estimate of drug-likeness (QED) is 0.763. The van der Waals surface area contributed by atoms with Gasteiger partial charge in [0.05, 0.1) is 0 Å². The van der Waals surface area contributed by atoms with Crippen molar-refractivity contribution >= 4 is 27.3 Å². The normalized spacial score (nSPS) is 12.7. The fraction of sp³-hybridized carbons (Fsp3) is 0.308. The van der Waals surface area contributed by atoms with Gasteiger partial charge in [-0.3, -0.25) is 4.98 Å². The Hall–Kier alpha value is -0.670. The van der Waals surface area contributed by atoms with Gasteiger partial charge in [-0.25, -0.2) is 0 Å². The number of pyridine rings is 1. The number of thiophene rings is 1. The lowest BCUT2D eigenvalue weighted by molar-refractivity contribution is 0.890. The van der Waals surface area contributed by atoms with Crippen LogP contribution in [0.4, 0.5) is 0 Å². The fourth-order valence-electron chi connectivity index (χ4n) is 1.70. The van der Waals surface area contributed by atoms with Crippen LogP contribution in [0.3, 0.4) is 0 Å². The highest BCUT2D eigenvalue weighted by molar-refractivity contribution is 9.09. The topological polar surface area (TPSA) is 12.9 Å². The van der Waals surface area contributed by atoms with E-state index >= 15 is 0 Å². The van der Waals surface area contributed by atoms with E-state index in [0.29, 0.717) is 4.83 Å². The summed E-state index contributed by atoms with van der Waals surface area (Å²) in [5, 5.41) is 4.40. The van der Waals surface area contributed by atoms with Gasteiger partial charge in [0.25, 0.3) is 0 Å². The Morgan fingerprint density at radius 2 is 2.12 bits per heavy atom. The van der Waals surface area contributed by atoms with Crippen LogP contribution in [0.25, 0.3) is 0 Å². The summed E-state index contributed by atoms with van der Waals surface area (Å²) in [6, 6.07) is 4.10. The SMILES string of the molecule is Cc1cscc1C(Br)Cc1ncccc1C. The van der Waals surface area contributed by atoms with Crippen molar-refractivity contribution in [3.8, 4) is 0 Å². The molecule has 1 unspecified atom stereocenters. The number of hydrogen-bond donors (Lipinski definition) is 0. The number of nitrogens with zero attached hydrogens (tertiary/aromatic N) is 1. The summed E-state index contributed by atoms with van der Waals surface area (Å²) in [6.07, 6.45) is 2.81. The molecule has 2 rings (SSSR count). The van der Waals surface area contributed by atoms with Gasteiger partial charge in [-0.1, -0.05) is 22.0 Å². The molecule has 0 saturated heterocycles. The van der Waals surface area contributed by atoms with E-state index in [-0.39, 0.29) is 0 Å². The average Bonchev–Trinajstić information content (AvgIpc) is 2.68. The minimum atomic E-state index is 0.368. The van der Waals surface area contributed by atoms with Crippen LogP contribution in [0.1, 0.15) is 27.2 Å². The summed E-state index contributed by atoms with van der Waals surface area (Å²) in [7, 11) is 0. The Morgan fingerprint density at radius 1 is 1.31 bits per heavy atom. The lowest BCUT2D eigenvalue weighted by atomic mass is 10.1. The lowest BCUT2D eigenvalue weighted by Gasteiger charge is -2.10. The monoisotopic (exact) mass is 295 g/mol.